The highest BCUT2D eigenvalue weighted by Gasteiger charge is 2.05. The maximum Gasteiger partial charge on any atom is 0.120 e. The molecule has 0 radical (unpaired) electrons. The molecule has 0 N–H and O–H groups in total. The number of nitrogens with zero attached hydrogens (tertiary/aromatic N) is 1. The molecule has 2 aromatic rings. The van der Waals surface area contributed by atoms with Crippen LogP contribution in [-0.2, 0) is 5.75 Å². The summed E-state index contributed by atoms with van der Waals surface area (Å²) in [5.41, 5.74) is 4.24. The highest BCUT2D eigenvalue weighted by Crippen LogP contribution is 2.24. The van der Waals surface area contributed by atoms with Gasteiger partial charge in [-0.15, -0.1) is 0 Å². The van der Waals surface area contributed by atoms with Crippen LogP contribution in [0.1, 0.15) is 25.1 Å². The number of benzene rings is 1. The van der Waals surface area contributed by atoms with E-state index < -0.39 is 0 Å². The molecule has 2 nitrogen and oxygen atoms in total. The number of hydrogen-bond acceptors (Lipinski definition) is 3. The minimum atomic E-state index is 0.177. The first-order valence-corrected chi connectivity index (χ1v) is 7.08. The van der Waals surface area contributed by atoms with Crippen LogP contribution in [0.4, 0.5) is 0 Å². The van der Waals surface area contributed by atoms with Crippen LogP contribution in [0.25, 0.3) is 11.3 Å². The summed E-state index contributed by atoms with van der Waals surface area (Å²) in [6.45, 7) is 6.07. The molecule has 1 aromatic heterocycles. The predicted octanol–water partition coefficient (Wildman–Crippen LogP) is 4.27. The molecule has 1 heterocycles. The molecule has 19 heavy (non-hydrogen) atoms. The second kappa shape index (κ2) is 6.11. The lowest BCUT2D eigenvalue weighted by Gasteiger charge is -2.11. The Morgan fingerprint density at radius 2 is 2.00 bits per heavy atom. The predicted molar refractivity (Wildman–Crippen MR) is 82.9 cm³/mol. The van der Waals surface area contributed by atoms with E-state index in [2.05, 4.69) is 29.7 Å². The lowest BCUT2D eigenvalue weighted by Crippen LogP contribution is -2.05. The quantitative estimate of drug-likeness (QED) is 0.840. The van der Waals surface area contributed by atoms with E-state index in [4.69, 9.17) is 4.74 Å². The van der Waals surface area contributed by atoms with Gasteiger partial charge < -0.3 is 4.74 Å². The number of rotatable bonds is 4. The van der Waals surface area contributed by atoms with Crippen LogP contribution in [0, 0.1) is 6.92 Å². The number of ether oxygens (including phenoxy) is 1. The van der Waals surface area contributed by atoms with Gasteiger partial charge in [-0.2, -0.15) is 12.6 Å². The zero-order chi connectivity index (χ0) is 13.8. The molecule has 0 saturated heterocycles. The summed E-state index contributed by atoms with van der Waals surface area (Å²) in [7, 11) is 0. The summed E-state index contributed by atoms with van der Waals surface area (Å²) < 4.78 is 5.71. The maximum absolute atomic E-state index is 5.71. The molecule has 0 aliphatic heterocycles. The van der Waals surface area contributed by atoms with Gasteiger partial charge in [0.05, 0.1) is 11.8 Å². The van der Waals surface area contributed by atoms with Gasteiger partial charge in [0.2, 0.25) is 0 Å². The van der Waals surface area contributed by atoms with E-state index in [-0.39, 0.29) is 6.10 Å². The molecule has 0 aliphatic rings. The molecule has 0 amide bonds. The van der Waals surface area contributed by atoms with E-state index >= 15 is 0 Å². The van der Waals surface area contributed by atoms with Gasteiger partial charge in [-0.3, -0.25) is 4.98 Å². The van der Waals surface area contributed by atoms with Gasteiger partial charge in [-0.1, -0.05) is 18.2 Å². The normalized spacial score (nSPS) is 10.8. The molecule has 2 rings (SSSR count). The van der Waals surface area contributed by atoms with Crippen molar-refractivity contribution in [1.29, 1.82) is 0 Å². The minimum Gasteiger partial charge on any atom is -0.491 e. The van der Waals surface area contributed by atoms with E-state index in [1.165, 1.54) is 5.56 Å². The number of pyridine rings is 1. The maximum atomic E-state index is 5.71. The molecule has 3 heteroatoms. The fourth-order valence-corrected chi connectivity index (χ4v) is 2.25. The third kappa shape index (κ3) is 3.51. The lowest BCUT2D eigenvalue weighted by molar-refractivity contribution is 0.242. The third-order valence-electron chi connectivity index (χ3n) is 2.87. The zero-order valence-corrected chi connectivity index (χ0v) is 12.4. The molecule has 0 atom stereocenters. The summed E-state index contributed by atoms with van der Waals surface area (Å²) >= 11 is 4.30. The van der Waals surface area contributed by atoms with Crippen LogP contribution in [0.3, 0.4) is 0 Å². The summed E-state index contributed by atoms with van der Waals surface area (Å²) in [6, 6.07) is 12.2. The van der Waals surface area contributed by atoms with Crippen molar-refractivity contribution in [1.82, 2.24) is 4.98 Å². The second-order valence-electron chi connectivity index (χ2n) is 4.79. The Kier molecular flexibility index (Phi) is 4.48. The van der Waals surface area contributed by atoms with E-state index in [1.807, 2.05) is 45.0 Å². The summed E-state index contributed by atoms with van der Waals surface area (Å²) in [5.74, 6) is 1.60. The standard InChI is InChI=1S/C16H19NOS/c1-11(2)18-15-6-4-5-13(9-15)16-8-7-14(10-19)12(3)17-16/h4-9,11,19H,10H2,1-3H3. The molecule has 100 valence electrons. The van der Waals surface area contributed by atoms with Crippen molar-refractivity contribution >= 4 is 12.6 Å². The Hall–Kier alpha value is -1.48. The molecule has 0 bridgehead atoms. The molecule has 0 unspecified atom stereocenters. The molecule has 1 aromatic carbocycles. The second-order valence-corrected chi connectivity index (χ2v) is 5.11. The van der Waals surface area contributed by atoms with Crippen molar-refractivity contribution in [3.05, 3.63) is 47.7 Å². The van der Waals surface area contributed by atoms with E-state index in [9.17, 15) is 0 Å². The van der Waals surface area contributed by atoms with Crippen LogP contribution in [0.15, 0.2) is 36.4 Å². The van der Waals surface area contributed by atoms with Crippen molar-refractivity contribution in [2.75, 3.05) is 0 Å². The Morgan fingerprint density at radius 3 is 2.63 bits per heavy atom. The molecule has 0 fully saturated rings. The van der Waals surface area contributed by atoms with Crippen molar-refractivity contribution in [2.24, 2.45) is 0 Å². The third-order valence-corrected chi connectivity index (χ3v) is 3.21. The van der Waals surface area contributed by atoms with Crippen molar-refractivity contribution in [3.63, 3.8) is 0 Å². The molecule has 0 spiro atoms. The zero-order valence-electron chi connectivity index (χ0n) is 11.6. The first-order chi connectivity index (χ1) is 9.10. The van der Waals surface area contributed by atoms with Crippen LogP contribution in [0.5, 0.6) is 5.75 Å². The first kappa shape index (κ1) is 13.9. The number of hydrogen-bond donors (Lipinski definition) is 1. The van der Waals surface area contributed by atoms with Crippen molar-refractivity contribution < 1.29 is 4.74 Å². The SMILES string of the molecule is Cc1nc(-c2cccc(OC(C)C)c2)ccc1CS. The summed E-state index contributed by atoms with van der Waals surface area (Å²) in [4.78, 5) is 4.63. The monoisotopic (exact) mass is 273 g/mol. The summed E-state index contributed by atoms with van der Waals surface area (Å²) in [6.07, 6.45) is 0.177. The first-order valence-electron chi connectivity index (χ1n) is 6.44. The Bertz CT molecular complexity index is 566. The van der Waals surface area contributed by atoms with Crippen LogP contribution in [0.2, 0.25) is 0 Å². The fraction of sp³-hybridized carbons (Fsp3) is 0.312. The van der Waals surface area contributed by atoms with Gasteiger partial charge in [-0.25, -0.2) is 0 Å². The van der Waals surface area contributed by atoms with Gasteiger partial charge in [0.15, 0.2) is 0 Å². The van der Waals surface area contributed by atoms with Crippen LogP contribution in [-0.4, -0.2) is 11.1 Å². The topological polar surface area (TPSA) is 22.1 Å². The fourth-order valence-electron chi connectivity index (χ4n) is 1.92. The Balaban J connectivity index is 2.33. The van der Waals surface area contributed by atoms with Gasteiger partial charge in [-0.05, 0) is 44.5 Å². The molecule has 0 aliphatic carbocycles. The average Bonchev–Trinajstić information content (AvgIpc) is 2.38. The molecular weight excluding hydrogens is 254 g/mol. The number of aromatic nitrogens is 1. The highest BCUT2D eigenvalue weighted by atomic mass is 32.1. The number of aryl methyl sites for hydroxylation is 1. The lowest BCUT2D eigenvalue weighted by atomic mass is 10.1. The van der Waals surface area contributed by atoms with E-state index in [1.54, 1.807) is 0 Å². The van der Waals surface area contributed by atoms with Gasteiger partial charge >= 0.3 is 0 Å². The average molecular weight is 273 g/mol. The highest BCUT2D eigenvalue weighted by molar-refractivity contribution is 7.79. The largest absolute Gasteiger partial charge is 0.491 e. The van der Waals surface area contributed by atoms with Gasteiger partial charge in [0.25, 0.3) is 0 Å². The Labute approximate surface area is 120 Å². The van der Waals surface area contributed by atoms with Crippen molar-refractivity contribution in [3.8, 4) is 17.0 Å². The number of thiol groups is 1. The van der Waals surface area contributed by atoms with Gasteiger partial charge in [0.1, 0.15) is 5.75 Å². The van der Waals surface area contributed by atoms with Crippen LogP contribution >= 0.6 is 12.6 Å². The smallest absolute Gasteiger partial charge is 0.120 e. The van der Waals surface area contributed by atoms with Gasteiger partial charge in [0, 0.05) is 17.0 Å². The molecule has 0 saturated carbocycles. The van der Waals surface area contributed by atoms with Crippen LogP contribution < -0.4 is 4.74 Å². The van der Waals surface area contributed by atoms with E-state index in [0.29, 0.717) is 0 Å². The van der Waals surface area contributed by atoms with E-state index in [0.717, 1.165) is 28.5 Å². The minimum absolute atomic E-state index is 0.177. The Morgan fingerprint density at radius 1 is 1.21 bits per heavy atom. The molecular formula is C16H19NOS. The van der Waals surface area contributed by atoms with Crippen molar-refractivity contribution in [2.45, 2.75) is 32.6 Å². The summed E-state index contributed by atoms with van der Waals surface area (Å²) in [5, 5.41) is 0.